The highest BCUT2D eigenvalue weighted by Gasteiger charge is 2.46. The zero-order chi connectivity index (χ0) is 9.90. The number of rotatable bonds is 6. The van der Waals surface area contributed by atoms with Crippen LogP contribution in [0.1, 0.15) is 26.2 Å². The predicted molar refractivity (Wildman–Crippen MR) is 61.2 cm³/mol. The summed E-state index contributed by atoms with van der Waals surface area (Å²) < 4.78 is 0. The molecule has 0 radical (unpaired) electrons. The van der Waals surface area contributed by atoms with Gasteiger partial charge in [0.1, 0.15) is 0 Å². The van der Waals surface area contributed by atoms with Crippen LogP contribution in [-0.4, -0.2) is 42.1 Å². The first-order chi connectivity index (χ1) is 6.20. The first-order valence-corrected chi connectivity index (χ1v) is 6.51. The number of nitrogens with two attached hydrogens (primary N) is 1. The molecule has 78 valence electrons. The molecule has 1 rings (SSSR count). The first kappa shape index (κ1) is 11.3. The molecule has 0 amide bonds. The van der Waals surface area contributed by atoms with Gasteiger partial charge in [-0.2, -0.15) is 11.8 Å². The van der Waals surface area contributed by atoms with Crippen LogP contribution in [0.15, 0.2) is 0 Å². The number of hydrogen-bond acceptors (Lipinski definition) is 3. The lowest BCUT2D eigenvalue weighted by atomic mass is 10.1. The Balaban J connectivity index is 2.48. The van der Waals surface area contributed by atoms with Crippen molar-refractivity contribution < 1.29 is 0 Å². The highest BCUT2D eigenvalue weighted by atomic mass is 32.2. The van der Waals surface area contributed by atoms with Gasteiger partial charge in [0.2, 0.25) is 0 Å². The number of hydrogen-bond donors (Lipinski definition) is 1. The van der Waals surface area contributed by atoms with Crippen LogP contribution in [0.2, 0.25) is 0 Å². The molecule has 13 heavy (non-hydrogen) atoms. The Morgan fingerprint density at radius 1 is 1.54 bits per heavy atom. The molecule has 0 aromatic carbocycles. The summed E-state index contributed by atoms with van der Waals surface area (Å²) in [4.78, 5) is 2.52. The van der Waals surface area contributed by atoms with Gasteiger partial charge in [-0.05, 0) is 32.6 Å². The second-order valence-corrected chi connectivity index (χ2v) is 4.97. The number of thioether (sulfide) groups is 1. The molecule has 1 unspecified atom stereocenters. The summed E-state index contributed by atoms with van der Waals surface area (Å²) in [6, 6.07) is 0.709. The van der Waals surface area contributed by atoms with E-state index in [9.17, 15) is 0 Å². The van der Waals surface area contributed by atoms with Crippen LogP contribution in [0.3, 0.4) is 0 Å². The molecule has 0 aliphatic heterocycles. The van der Waals surface area contributed by atoms with Crippen LogP contribution in [0.5, 0.6) is 0 Å². The fourth-order valence-corrected chi connectivity index (χ4v) is 2.77. The summed E-state index contributed by atoms with van der Waals surface area (Å²) in [7, 11) is 2.24. The molecule has 0 bridgehead atoms. The third-order valence-electron chi connectivity index (χ3n) is 3.33. The van der Waals surface area contributed by atoms with Gasteiger partial charge in [-0.1, -0.05) is 6.92 Å². The largest absolute Gasteiger partial charge is 0.329 e. The lowest BCUT2D eigenvalue weighted by molar-refractivity contribution is 0.169. The van der Waals surface area contributed by atoms with E-state index in [-0.39, 0.29) is 0 Å². The van der Waals surface area contributed by atoms with Gasteiger partial charge in [0, 0.05) is 23.9 Å². The Hall–Kier alpha value is 0.270. The molecule has 2 nitrogen and oxygen atoms in total. The molecular formula is C10H22N2S. The third kappa shape index (κ3) is 2.39. The van der Waals surface area contributed by atoms with E-state index < -0.39 is 0 Å². The molecule has 3 heteroatoms. The van der Waals surface area contributed by atoms with Crippen molar-refractivity contribution in [2.24, 2.45) is 5.73 Å². The molecule has 0 spiro atoms. The van der Waals surface area contributed by atoms with Crippen LogP contribution in [0.4, 0.5) is 0 Å². The second kappa shape index (κ2) is 4.67. The van der Waals surface area contributed by atoms with E-state index in [0.717, 1.165) is 6.54 Å². The fourth-order valence-electron chi connectivity index (χ4n) is 1.93. The molecule has 1 saturated carbocycles. The van der Waals surface area contributed by atoms with E-state index in [1.807, 2.05) is 11.8 Å². The third-order valence-corrected chi connectivity index (χ3v) is 4.05. The van der Waals surface area contributed by atoms with Crippen molar-refractivity contribution in [1.82, 2.24) is 4.90 Å². The van der Waals surface area contributed by atoms with Crippen molar-refractivity contribution in [3.05, 3.63) is 0 Å². The smallest absolute Gasteiger partial charge is 0.0333 e. The van der Waals surface area contributed by atoms with Gasteiger partial charge in [0.05, 0.1) is 0 Å². The van der Waals surface area contributed by atoms with Crippen LogP contribution in [0.25, 0.3) is 0 Å². The van der Waals surface area contributed by atoms with E-state index in [1.165, 1.54) is 25.0 Å². The minimum absolute atomic E-state index is 0.371. The number of nitrogens with zero attached hydrogens (tertiary/aromatic N) is 1. The minimum Gasteiger partial charge on any atom is -0.329 e. The molecule has 2 N–H and O–H groups in total. The summed E-state index contributed by atoms with van der Waals surface area (Å²) >= 11 is 1.93. The van der Waals surface area contributed by atoms with Gasteiger partial charge in [-0.25, -0.2) is 0 Å². The number of likely N-dealkylation sites (N-methyl/N-ethyl adjacent to an activating group) is 1. The van der Waals surface area contributed by atoms with Gasteiger partial charge < -0.3 is 5.73 Å². The van der Waals surface area contributed by atoms with Gasteiger partial charge >= 0.3 is 0 Å². The minimum atomic E-state index is 0.371. The lowest BCUT2D eigenvalue weighted by Crippen LogP contribution is -2.47. The summed E-state index contributed by atoms with van der Waals surface area (Å²) in [5.41, 5.74) is 6.18. The average Bonchev–Trinajstić information content (AvgIpc) is 2.93. The molecule has 0 heterocycles. The van der Waals surface area contributed by atoms with Gasteiger partial charge in [0.25, 0.3) is 0 Å². The summed E-state index contributed by atoms with van der Waals surface area (Å²) in [5, 5.41) is 0. The molecule has 0 aromatic rings. The van der Waals surface area contributed by atoms with Crippen molar-refractivity contribution in [2.45, 2.75) is 37.8 Å². The molecule has 0 saturated heterocycles. The maximum Gasteiger partial charge on any atom is 0.0333 e. The summed E-state index contributed by atoms with van der Waals surface area (Å²) in [6.07, 6.45) is 6.01. The molecule has 1 fully saturated rings. The van der Waals surface area contributed by atoms with Crippen LogP contribution >= 0.6 is 11.8 Å². The Kier molecular flexibility index (Phi) is 4.07. The van der Waals surface area contributed by atoms with E-state index in [0.29, 0.717) is 11.6 Å². The molecule has 1 atom stereocenters. The maximum atomic E-state index is 5.81. The highest BCUT2D eigenvalue weighted by molar-refractivity contribution is 7.98. The standard InChI is InChI=1S/C10H22N2S/c1-4-9(7-13-3)12(2)10(8-11)5-6-10/h9H,4-8,11H2,1-3H3. The highest BCUT2D eigenvalue weighted by Crippen LogP contribution is 2.41. The second-order valence-electron chi connectivity index (χ2n) is 4.06. The van der Waals surface area contributed by atoms with Crippen LogP contribution in [-0.2, 0) is 0 Å². The quantitative estimate of drug-likeness (QED) is 0.708. The van der Waals surface area contributed by atoms with E-state index in [1.54, 1.807) is 0 Å². The Labute approximate surface area is 86.2 Å². The predicted octanol–water partition coefficient (Wildman–Crippen LogP) is 1.55. The SMILES string of the molecule is CCC(CSC)N(C)C1(CN)CC1. The van der Waals surface area contributed by atoms with Crippen molar-refractivity contribution in [3.63, 3.8) is 0 Å². The topological polar surface area (TPSA) is 29.3 Å². The average molecular weight is 202 g/mol. The molecule has 0 aromatic heterocycles. The van der Waals surface area contributed by atoms with Crippen molar-refractivity contribution in [2.75, 3.05) is 25.6 Å². The van der Waals surface area contributed by atoms with Crippen LogP contribution < -0.4 is 5.73 Å². The van der Waals surface area contributed by atoms with Gasteiger partial charge in [-0.3, -0.25) is 4.90 Å². The Morgan fingerprint density at radius 2 is 2.15 bits per heavy atom. The molecular weight excluding hydrogens is 180 g/mol. The monoisotopic (exact) mass is 202 g/mol. The Bertz CT molecular complexity index is 157. The lowest BCUT2D eigenvalue weighted by Gasteiger charge is -2.34. The molecule has 1 aliphatic rings. The maximum absolute atomic E-state index is 5.81. The summed E-state index contributed by atoms with van der Waals surface area (Å²) in [6.45, 7) is 3.10. The van der Waals surface area contributed by atoms with Crippen molar-refractivity contribution in [3.8, 4) is 0 Å². The zero-order valence-corrected chi connectivity index (χ0v) is 9.86. The van der Waals surface area contributed by atoms with E-state index in [4.69, 9.17) is 5.73 Å². The first-order valence-electron chi connectivity index (χ1n) is 5.12. The summed E-state index contributed by atoms with van der Waals surface area (Å²) in [5.74, 6) is 1.23. The zero-order valence-electron chi connectivity index (χ0n) is 9.05. The Morgan fingerprint density at radius 3 is 2.46 bits per heavy atom. The van der Waals surface area contributed by atoms with Gasteiger partial charge in [0.15, 0.2) is 0 Å². The normalized spacial score (nSPS) is 21.9. The van der Waals surface area contributed by atoms with Crippen LogP contribution in [0, 0.1) is 0 Å². The molecule has 1 aliphatic carbocycles. The van der Waals surface area contributed by atoms with E-state index in [2.05, 4.69) is 25.1 Å². The van der Waals surface area contributed by atoms with Crippen molar-refractivity contribution >= 4 is 11.8 Å². The van der Waals surface area contributed by atoms with Crippen molar-refractivity contribution in [1.29, 1.82) is 0 Å². The van der Waals surface area contributed by atoms with Gasteiger partial charge in [-0.15, -0.1) is 0 Å². The van der Waals surface area contributed by atoms with E-state index >= 15 is 0 Å². The fraction of sp³-hybridized carbons (Fsp3) is 1.00.